The summed E-state index contributed by atoms with van der Waals surface area (Å²) in [5, 5.41) is 87.3. The van der Waals surface area contributed by atoms with Crippen LogP contribution >= 0.6 is 34.8 Å². The normalized spacial score (nSPS) is 10.6. The summed E-state index contributed by atoms with van der Waals surface area (Å²) in [4.78, 5) is 75.3. The van der Waals surface area contributed by atoms with Crippen molar-refractivity contribution in [1.82, 2.24) is 147 Å². The van der Waals surface area contributed by atoms with Crippen LogP contribution in [0.25, 0.3) is 72.5 Å². The first-order valence-corrected chi connectivity index (χ1v) is 45.6. The van der Waals surface area contributed by atoms with Crippen LogP contribution in [0, 0.1) is 30.3 Å². The van der Waals surface area contributed by atoms with Gasteiger partial charge in [-0.15, -0.1) is 0 Å². The highest BCUT2D eigenvalue weighted by molar-refractivity contribution is 6.33. The van der Waals surface area contributed by atoms with Crippen molar-refractivity contribution in [1.29, 1.82) is 0 Å². The van der Waals surface area contributed by atoms with E-state index in [1.165, 1.54) is 0 Å². The van der Waals surface area contributed by atoms with Crippen molar-refractivity contribution in [2.24, 2.45) is 63.4 Å². The second-order valence-corrected chi connectivity index (χ2v) is 32.4. The third-order valence-electron chi connectivity index (χ3n) is 20.1. The number of hydrogen-bond donors (Lipinski definition) is 9. The number of hydrogen-bond acceptors (Lipinski definition) is 38. The minimum Gasteiger partial charge on any atom is -0.399 e. The molecule has 20 aromatic rings. The van der Waals surface area contributed by atoms with Gasteiger partial charge < -0.3 is 63.3 Å². The van der Waals surface area contributed by atoms with E-state index in [0.29, 0.717) is 66.0 Å². The van der Waals surface area contributed by atoms with E-state index in [-0.39, 0.29) is 50.4 Å². The number of anilines is 15. The number of halogens is 3. The molecule has 0 bridgehead atoms. The van der Waals surface area contributed by atoms with Crippen molar-refractivity contribution in [3.8, 4) is 61.3 Å². The molecule has 0 amide bonds. The molecule has 0 unspecified atom stereocenters. The predicted octanol–water partition coefficient (Wildman–Crippen LogP) is 16.3. The highest BCUT2D eigenvalue weighted by Crippen LogP contribution is 2.34. The lowest BCUT2D eigenvalue weighted by molar-refractivity contribution is -0.385. The topological polar surface area (TPSA) is 614 Å². The molecular formula is C94H99Cl3N42O9. The summed E-state index contributed by atoms with van der Waals surface area (Å²) in [5.74, 6) is 1.82. The van der Waals surface area contributed by atoms with Crippen molar-refractivity contribution >= 4 is 150 Å². The van der Waals surface area contributed by atoms with Gasteiger partial charge >= 0.3 is 17.1 Å². The van der Waals surface area contributed by atoms with Crippen LogP contribution in [0.15, 0.2) is 270 Å². The maximum atomic E-state index is 11.4. The minimum atomic E-state index is -0.682. The average molecular weight is 2070 g/mol. The van der Waals surface area contributed by atoms with Crippen LogP contribution in [0.4, 0.5) is 104 Å². The van der Waals surface area contributed by atoms with Gasteiger partial charge in [-0.2, -0.15) is 70.8 Å². The summed E-state index contributed by atoms with van der Waals surface area (Å²) >= 11 is 16.3. The molecule has 0 spiro atoms. The van der Waals surface area contributed by atoms with Crippen molar-refractivity contribution in [3.05, 3.63) is 316 Å². The Morgan fingerprint density at radius 2 is 0.628 bits per heavy atom. The van der Waals surface area contributed by atoms with E-state index >= 15 is 0 Å². The fourth-order valence-electron chi connectivity index (χ4n) is 13.1. The Kier molecular flexibility index (Phi) is 36.7. The number of aryl methyl sites for hydroxylation is 9. The second kappa shape index (κ2) is 51.1. The molecule has 0 aliphatic rings. The van der Waals surface area contributed by atoms with Crippen molar-refractivity contribution in [2.45, 2.75) is 27.2 Å². The Bertz CT molecular complexity index is 7720. The number of nitrogens with one attached hydrogen (secondary N) is 6. The number of nitro groups is 3. The fraction of sp³-hybridized carbons (Fsp3) is 0.170. The van der Waals surface area contributed by atoms with Crippen LogP contribution in [0.2, 0.25) is 15.7 Å². The number of aromatic nitrogens is 30. The lowest BCUT2D eigenvalue weighted by atomic mass is 10.1. The molecule has 148 heavy (non-hydrogen) atoms. The largest absolute Gasteiger partial charge is 0.399 e. The molecule has 5 aromatic carbocycles. The first kappa shape index (κ1) is 106. The molecule has 0 radical (unpaired) electrons. The number of nitrogens with zero attached hydrogens (tertiary/aromatic N) is 33. The van der Waals surface area contributed by atoms with E-state index in [2.05, 4.69) is 145 Å². The Balaban J connectivity index is 0.000000147. The van der Waals surface area contributed by atoms with Gasteiger partial charge in [-0.1, -0.05) is 72.3 Å². The smallest absolute Gasteiger partial charge is 0.329 e. The number of ether oxygens (including phenoxy) is 3. The van der Waals surface area contributed by atoms with Crippen LogP contribution < -0.4 is 49.1 Å². The first-order valence-electron chi connectivity index (χ1n) is 44.4. The molecule has 51 nitrogen and oxygen atoms in total. The minimum absolute atomic E-state index is 0.0455. The van der Waals surface area contributed by atoms with Gasteiger partial charge in [0, 0.05) is 195 Å². The Morgan fingerprint density at radius 3 is 0.973 bits per heavy atom. The molecule has 12 N–H and O–H groups in total. The number of nitrogens with two attached hydrogens (primary N) is 3. The number of rotatable bonds is 27. The molecule has 54 heteroatoms. The summed E-state index contributed by atoms with van der Waals surface area (Å²) in [6, 6.07) is 38.8. The molecule has 0 saturated carbocycles. The lowest BCUT2D eigenvalue weighted by Gasteiger charge is -2.15. The lowest BCUT2D eigenvalue weighted by Crippen LogP contribution is -2.20. The molecular weight excluding hydrogens is 1970 g/mol. The molecule has 20 rings (SSSR count). The highest BCUT2D eigenvalue weighted by Gasteiger charge is 2.22. The summed E-state index contributed by atoms with van der Waals surface area (Å²) < 4.78 is 32.7. The van der Waals surface area contributed by atoms with E-state index in [9.17, 15) is 30.3 Å². The number of imidazole rings is 1. The van der Waals surface area contributed by atoms with Gasteiger partial charge in [0.25, 0.3) is 6.48 Å². The SMILES string of the molecule is CCOC(OCC)OCC.Cn1cc(-c2ccc(N)cc2)cn1.Cn1cc(-c2ccc(Nc3nc(Cl)ncc3[N+](=O)[O-])cc2)cn1.Cn1cc(N)cn1.Cn1cc(Nc2ncc(N)c(Nc3ccc(-c4cnn(C)c4)cc3)n2)cn1.Cn1cc(Nc2ncc([N+](=O)[O-])c(Nc3ccc(-c4cnn(C)c4)cc3)n2)cn1.Cn1cc(Nc2ncc3ncn(-c4ccc(-c5cnn(C)c5)cc4)c3n2)cn1.O=[N+]([O-])c1cnc(Cl)nc1Cl. The van der Waals surface area contributed by atoms with Gasteiger partial charge in [0.2, 0.25) is 45.2 Å². The zero-order valence-electron chi connectivity index (χ0n) is 81.4. The Morgan fingerprint density at radius 1 is 0.311 bits per heavy atom. The molecule has 0 saturated heterocycles. The molecule has 0 aliphatic carbocycles. The zero-order chi connectivity index (χ0) is 105. The maximum absolute atomic E-state index is 11.4. The quantitative estimate of drug-likeness (QED) is 0.00576. The fourth-order valence-corrected chi connectivity index (χ4v) is 13.6. The van der Waals surface area contributed by atoms with Crippen LogP contribution in [0.3, 0.4) is 0 Å². The van der Waals surface area contributed by atoms with Crippen molar-refractivity contribution in [3.63, 3.8) is 0 Å². The van der Waals surface area contributed by atoms with Gasteiger partial charge in [-0.25, -0.2) is 29.9 Å². The van der Waals surface area contributed by atoms with E-state index in [1.54, 1.807) is 130 Å². The molecule has 760 valence electrons. The van der Waals surface area contributed by atoms with Crippen LogP contribution in [0.5, 0.6) is 0 Å². The summed E-state index contributed by atoms with van der Waals surface area (Å²) in [6.07, 6.45) is 40.9. The summed E-state index contributed by atoms with van der Waals surface area (Å²) in [5.41, 5.74) is 35.5. The third-order valence-corrected chi connectivity index (χ3v) is 20.8. The monoisotopic (exact) mass is 2060 g/mol. The number of nitrogen functional groups attached to an aromatic ring is 3. The number of benzene rings is 5. The van der Waals surface area contributed by atoms with E-state index in [1.807, 2.05) is 241 Å². The predicted molar refractivity (Wildman–Crippen MR) is 561 cm³/mol. The first-order chi connectivity index (χ1) is 71.2. The van der Waals surface area contributed by atoms with Crippen LogP contribution in [-0.2, 0) is 77.6 Å². The van der Waals surface area contributed by atoms with Gasteiger partial charge in [0.15, 0.2) is 11.5 Å². The summed E-state index contributed by atoms with van der Waals surface area (Å²) in [6.45, 7) is 7.10. The Labute approximate surface area is 858 Å². The average Bonchev–Trinajstić information content (AvgIpc) is 1.64. The Hall–Kier alpha value is -19.0. The van der Waals surface area contributed by atoms with E-state index in [0.717, 1.165) is 114 Å². The van der Waals surface area contributed by atoms with E-state index < -0.39 is 21.2 Å². The molecule has 15 heterocycles. The van der Waals surface area contributed by atoms with Gasteiger partial charge in [-0.05, 0) is 132 Å². The third kappa shape index (κ3) is 31.0. The van der Waals surface area contributed by atoms with E-state index in [4.69, 9.17) is 66.2 Å². The van der Waals surface area contributed by atoms with Crippen molar-refractivity contribution in [2.75, 3.05) is 68.9 Å². The van der Waals surface area contributed by atoms with Crippen LogP contribution in [-0.4, -0.2) is 188 Å². The van der Waals surface area contributed by atoms with Gasteiger partial charge in [0.1, 0.15) is 30.4 Å². The highest BCUT2D eigenvalue weighted by atomic mass is 35.5. The molecule has 15 aromatic heterocycles. The zero-order valence-corrected chi connectivity index (χ0v) is 83.7. The maximum Gasteiger partial charge on any atom is 0.329 e. The summed E-state index contributed by atoms with van der Waals surface area (Å²) in [7, 11) is 16.7. The molecule has 0 atom stereocenters. The number of fused-ring (bicyclic) bond motifs is 1. The van der Waals surface area contributed by atoms with Crippen molar-refractivity contribution < 1.29 is 29.0 Å². The van der Waals surface area contributed by atoms with Gasteiger partial charge in [0.05, 0.1) is 111 Å². The molecule has 0 aliphatic heterocycles. The van der Waals surface area contributed by atoms with Gasteiger partial charge in [-0.3, -0.25) is 77.0 Å². The molecule has 0 fully saturated rings. The second-order valence-electron chi connectivity index (χ2n) is 31.4. The standard InChI is InChI=1S/C19H17N9.C18H17N9O2.C18H19N9.C14H11ClN6O2.C10H11N3.C7H16O3.C4HCl2N3O2.C4H7N3/c1-26-10-14(7-22-26)13-3-5-16(6-4-13)28-12-21-17-9-20-19(25-18(17)28)24-15-8-23-27(2)11-15;1-25-10-13(7-20-25)12-3-5-14(6-4-12)22-17-16(27(28)29)9-19-18(24-17)23-15-8-21-26(2)11-15;1-26-10-13(7-21-26)12-3-5-14(6-4-12)23-17-16(19)9-20-18(25-17)24-15-8-22-27(2)11-15;1-20-8-10(6-17-20)9-2-4-11(5-3-9)18-13-12(21(22)23)7-16-14(15)19-13;1-13-7-9(6-12-13)8-2-4-10(11)5-3-8;1-4-8-7(9-5-2)10-6-3;5-3-2(9(10)11)1-7-4(6)8-3;1-7-3-4(5)2-6-7/h3-12H,1-2H3,(H,20,24,25);3-11H,1-2H3,(H2,19,22,23,24);3-11H,19H2,1-2H3,(H2,20,23,24,25);2-8H,1H3,(H,16,18,19);2-7H,11H2,1H3;7H,4-6H2,1-3H3;1H;2-3H,5H2,1H3. The van der Waals surface area contributed by atoms with Crippen LogP contribution in [0.1, 0.15) is 20.8 Å².